The number of rotatable bonds is 75. The van der Waals surface area contributed by atoms with Gasteiger partial charge in [-0.15, -0.1) is 0 Å². The van der Waals surface area contributed by atoms with Crippen molar-refractivity contribution >= 4 is 31.6 Å². The molecule has 586 valence electrons. The van der Waals surface area contributed by atoms with Gasteiger partial charge in [0.05, 0.1) is 50.8 Å². The summed E-state index contributed by atoms with van der Waals surface area (Å²) in [4.78, 5) is 77.7. The Kier molecular flexibility index (Phi) is 64.7. The highest BCUT2D eigenvalue weighted by atomic mass is 31.2. The standard InChI is InChI=1S/C80H155N2O16P/c1-7-13-19-25-31-37-40-46-52-58-69(93-61-55-49-43-35-29-23-17-11-5)64-74(85)82-76-78(97-75(86)65-70(59-53-47-41-38-32-26-20-14-8-2)94-62-56-50-44-36-30-24-18-12-6)77(98-99(89,90)91)72(66-83)96-80(76)95-67-71(79(87)88)81-73(84)63-68(57-51-45-39-33-27-21-15-9-3)92-60-54-48-42-34-28-22-16-10-4/h68-72,76-78,80,83H,7-67H2,1-6H3,(H,81,84)(H,82,85)(H,87,88)(H2,89,90,91)/t68-,69-,70-,71+,72?,76?,77-,78?,80-/m1/s1. The van der Waals surface area contributed by atoms with Crippen molar-refractivity contribution in [2.75, 3.05) is 33.0 Å². The zero-order valence-corrected chi connectivity index (χ0v) is 65.4. The fraction of sp³-hybridized carbons (Fsp3) is 0.950. The van der Waals surface area contributed by atoms with Crippen LogP contribution in [0.4, 0.5) is 0 Å². The van der Waals surface area contributed by atoms with Gasteiger partial charge in [0.25, 0.3) is 0 Å². The Bertz CT molecular complexity index is 1860. The van der Waals surface area contributed by atoms with Gasteiger partial charge in [-0.25, -0.2) is 9.36 Å². The van der Waals surface area contributed by atoms with Crippen LogP contribution in [0.25, 0.3) is 0 Å². The average molecular weight is 1430 g/mol. The van der Waals surface area contributed by atoms with Gasteiger partial charge in [-0.1, -0.05) is 343 Å². The van der Waals surface area contributed by atoms with E-state index in [0.717, 1.165) is 148 Å². The monoisotopic (exact) mass is 1430 g/mol. The normalized spacial score (nSPS) is 17.7. The van der Waals surface area contributed by atoms with Gasteiger partial charge in [0.2, 0.25) is 11.8 Å². The van der Waals surface area contributed by atoms with Crippen LogP contribution in [0.3, 0.4) is 0 Å². The topological polar surface area (TPSA) is 255 Å². The Hall–Kier alpha value is -2.25. The molecule has 99 heavy (non-hydrogen) atoms. The molecule has 0 aromatic heterocycles. The summed E-state index contributed by atoms with van der Waals surface area (Å²) in [6.45, 7) is 13.0. The van der Waals surface area contributed by atoms with E-state index in [9.17, 15) is 43.7 Å². The number of aliphatic hydroxyl groups excluding tert-OH is 1. The number of carboxylic acid groups (broad SMARTS) is 1. The van der Waals surface area contributed by atoms with E-state index in [-0.39, 0.29) is 19.3 Å². The summed E-state index contributed by atoms with van der Waals surface area (Å²) in [7, 11) is -5.44. The number of carbonyl (C=O) groups is 4. The first-order valence-corrected chi connectivity index (χ1v) is 43.2. The van der Waals surface area contributed by atoms with Crippen molar-refractivity contribution in [3.8, 4) is 0 Å². The van der Waals surface area contributed by atoms with E-state index < -0.39 is 99.8 Å². The van der Waals surface area contributed by atoms with Crippen molar-refractivity contribution in [1.29, 1.82) is 0 Å². The van der Waals surface area contributed by atoms with E-state index in [0.29, 0.717) is 39.1 Å². The number of unbranched alkanes of at least 4 members (excludes halogenated alkanes) is 44. The van der Waals surface area contributed by atoms with Crippen LogP contribution in [0.5, 0.6) is 0 Å². The molecule has 0 aromatic rings. The van der Waals surface area contributed by atoms with Crippen molar-refractivity contribution in [3.63, 3.8) is 0 Å². The summed E-state index contributed by atoms with van der Waals surface area (Å²) in [5.41, 5.74) is 0. The second kappa shape index (κ2) is 67.6. The number of hydrogen-bond donors (Lipinski definition) is 6. The molecule has 1 saturated heterocycles. The molecule has 3 unspecified atom stereocenters. The van der Waals surface area contributed by atoms with Crippen LogP contribution in [0.2, 0.25) is 0 Å². The maximum Gasteiger partial charge on any atom is 0.470 e. The minimum Gasteiger partial charge on any atom is -0.480 e. The molecule has 2 amide bonds. The molecule has 9 atom stereocenters. The first kappa shape index (κ1) is 94.8. The van der Waals surface area contributed by atoms with Crippen LogP contribution in [0.1, 0.15) is 401 Å². The fourth-order valence-electron chi connectivity index (χ4n) is 13.5. The molecule has 1 aliphatic heterocycles. The molecule has 1 aliphatic rings. The number of aliphatic carboxylic acids is 1. The molecule has 0 aliphatic carbocycles. The molecule has 0 bridgehead atoms. The summed E-state index contributed by atoms with van der Waals surface area (Å²) in [5, 5.41) is 27.3. The Labute approximate surface area is 605 Å². The van der Waals surface area contributed by atoms with Gasteiger partial charge in [0.1, 0.15) is 18.2 Å². The first-order chi connectivity index (χ1) is 48.2. The second-order valence-electron chi connectivity index (χ2n) is 29.1. The first-order valence-electron chi connectivity index (χ1n) is 41.6. The highest BCUT2D eigenvalue weighted by molar-refractivity contribution is 7.46. The maximum absolute atomic E-state index is 14.8. The Balaban J connectivity index is 3.73. The van der Waals surface area contributed by atoms with Crippen LogP contribution < -0.4 is 10.6 Å². The molecule has 0 spiro atoms. The lowest BCUT2D eigenvalue weighted by molar-refractivity contribution is -0.272. The molecule has 0 aromatic carbocycles. The van der Waals surface area contributed by atoms with Crippen LogP contribution in [-0.4, -0.2) is 132 Å². The molecule has 18 nitrogen and oxygen atoms in total. The number of carbonyl (C=O) groups excluding carboxylic acids is 3. The largest absolute Gasteiger partial charge is 0.480 e. The molecule has 0 radical (unpaired) electrons. The van der Waals surface area contributed by atoms with Gasteiger partial charge in [0, 0.05) is 19.8 Å². The summed E-state index contributed by atoms with van der Waals surface area (Å²) < 4.78 is 56.6. The third kappa shape index (κ3) is 55.9. The van der Waals surface area contributed by atoms with E-state index >= 15 is 0 Å². The van der Waals surface area contributed by atoms with Crippen molar-refractivity contribution in [3.05, 3.63) is 0 Å². The highest BCUT2D eigenvalue weighted by Gasteiger charge is 2.52. The summed E-state index contributed by atoms with van der Waals surface area (Å²) in [6.07, 6.45) is 48.9. The molecule has 0 saturated carbocycles. The van der Waals surface area contributed by atoms with Gasteiger partial charge in [-0.2, -0.15) is 0 Å². The number of carboxylic acids is 1. The van der Waals surface area contributed by atoms with E-state index in [1.165, 1.54) is 173 Å². The number of hydrogen-bond acceptors (Lipinski definition) is 13. The van der Waals surface area contributed by atoms with E-state index in [4.69, 9.17) is 32.9 Å². The minimum absolute atomic E-state index is 0.0772. The molecule has 1 rings (SSSR count). The third-order valence-electron chi connectivity index (χ3n) is 19.7. The number of esters is 1. The second-order valence-corrected chi connectivity index (χ2v) is 30.3. The quantitative estimate of drug-likeness (QED) is 0.0188. The van der Waals surface area contributed by atoms with E-state index in [1.807, 2.05) is 0 Å². The van der Waals surface area contributed by atoms with Gasteiger partial charge < -0.3 is 59.1 Å². The van der Waals surface area contributed by atoms with Crippen molar-refractivity contribution in [1.82, 2.24) is 10.6 Å². The maximum atomic E-state index is 14.8. The lowest BCUT2D eigenvalue weighted by Crippen LogP contribution is -2.66. The number of phosphoric acid groups is 1. The van der Waals surface area contributed by atoms with Crippen LogP contribution in [-0.2, 0) is 56.7 Å². The van der Waals surface area contributed by atoms with Gasteiger partial charge in [0.15, 0.2) is 18.4 Å². The predicted octanol–water partition coefficient (Wildman–Crippen LogP) is 20.3. The number of phosphoric ester groups is 1. The number of amides is 2. The fourth-order valence-corrected chi connectivity index (χ4v) is 14.1. The smallest absolute Gasteiger partial charge is 0.470 e. The van der Waals surface area contributed by atoms with Crippen LogP contribution in [0.15, 0.2) is 0 Å². The van der Waals surface area contributed by atoms with Gasteiger partial charge >= 0.3 is 19.8 Å². The summed E-state index contributed by atoms with van der Waals surface area (Å²) in [6, 6.07) is -3.22. The lowest BCUT2D eigenvalue weighted by atomic mass is 9.95. The van der Waals surface area contributed by atoms with Crippen molar-refractivity contribution < 1.29 is 76.7 Å². The van der Waals surface area contributed by atoms with Gasteiger partial charge in [-0.05, 0) is 38.5 Å². The number of ether oxygens (including phenoxy) is 6. The highest BCUT2D eigenvalue weighted by Crippen LogP contribution is 2.42. The number of nitrogens with one attached hydrogen (secondary N) is 2. The SMILES string of the molecule is CCCCCCCCCCC[C@H](CC(=O)NC1C(OC(=O)C[C@@H](CCCCCCCCCCC)OCCCCCCCCCC)[C@H](OP(=O)(O)O)C(CO)O[C@H]1OC[C@H](NC(=O)C[C@@H](CCCCCCCCCC)OCCCCCCCCCC)C(=O)O)OCCCCCCCCCC. The molecular weight excluding hydrogens is 1280 g/mol. The van der Waals surface area contributed by atoms with Crippen molar-refractivity contribution in [2.45, 2.75) is 456 Å². The molecule has 19 heteroatoms. The number of aliphatic hydroxyl groups is 1. The Morgan fingerprint density at radius 1 is 0.414 bits per heavy atom. The van der Waals surface area contributed by atoms with Gasteiger partial charge in [-0.3, -0.25) is 18.9 Å². The average Bonchev–Trinajstić information content (AvgIpc) is 0.848. The Morgan fingerprint density at radius 2 is 0.717 bits per heavy atom. The van der Waals surface area contributed by atoms with E-state index in [2.05, 4.69) is 52.2 Å². The van der Waals surface area contributed by atoms with Crippen molar-refractivity contribution in [2.24, 2.45) is 0 Å². The zero-order valence-electron chi connectivity index (χ0n) is 64.5. The van der Waals surface area contributed by atoms with Crippen LogP contribution in [0, 0.1) is 0 Å². The molecule has 6 N–H and O–H groups in total. The molecule has 1 fully saturated rings. The molecular formula is C80H155N2O16P. The summed E-state index contributed by atoms with van der Waals surface area (Å²) in [5.74, 6) is -3.34. The lowest BCUT2D eigenvalue weighted by Gasteiger charge is -2.45. The molecule has 1 heterocycles. The third-order valence-corrected chi connectivity index (χ3v) is 20.2. The van der Waals surface area contributed by atoms with Crippen LogP contribution >= 0.6 is 7.82 Å². The minimum atomic E-state index is -5.44. The van der Waals surface area contributed by atoms with E-state index in [1.54, 1.807) is 0 Å². The predicted molar refractivity (Wildman–Crippen MR) is 402 cm³/mol. The zero-order chi connectivity index (χ0) is 72.5. The summed E-state index contributed by atoms with van der Waals surface area (Å²) >= 11 is 0. The Morgan fingerprint density at radius 3 is 1.03 bits per heavy atom.